The molecular formula is C14H16ClN3O4. The van der Waals surface area contributed by atoms with Crippen molar-refractivity contribution in [1.29, 1.82) is 0 Å². The Hall–Kier alpha value is -2.15. The first-order valence-electron chi connectivity index (χ1n) is 6.99. The molecule has 0 aromatic heterocycles. The average Bonchev–Trinajstić information content (AvgIpc) is 2.89. The van der Waals surface area contributed by atoms with Crippen LogP contribution in [0.3, 0.4) is 0 Å². The van der Waals surface area contributed by atoms with Gasteiger partial charge in [0.05, 0.1) is 15.5 Å². The maximum atomic E-state index is 12.0. The number of amides is 2. The summed E-state index contributed by atoms with van der Waals surface area (Å²) in [4.78, 5) is 35.3. The van der Waals surface area contributed by atoms with E-state index in [0.717, 1.165) is 19.0 Å². The van der Waals surface area contributed by atoms with E-state index in [0.29, 0.717) is 25.9 Å². The summed E-state index contributed by atoms with van der Waals surface area (Å²) in [5.74, 6) is -0.311. The van der Waals surface area contributed by atoms with Crippen molar-refractivity contribution in [2.75, 3.05) is 19.6 Å². The van der Waals surface area contributed by atoms with Gasteiger partial charge in [-0.1, -0.05) is 11.6 Å². The molecule has 1 fully saturated rings. The number of carbonyl (C=O) groups excluding carboxylic acids is 2. The molecule has 0 aliphatic carbocycles. The number of non-ortho nitro benzene ring substituents is 1. The van der Waals surface area contributed by atoms with Gasteiger partial charge in [-0.25, -0.2) is 0 Å². The Kier molecular flexibility index (Phi) is 5.32. The van der Waals surface area contributed by atoms with Gasteiger partial charge < -0.3 is 10.2 Å². The van der Waals surface area contributed by atoms with Gasteiger partial charge in [0.15, 0.2) is 0 Å². The minimum absolute atomic E-state index is 0.0770. The molecule has 1 aliphatic rings. The van der Waals surface area contributed by atoms with Crippen LogP contribution >= 0.6 is 11.6 Å². The summed E-state index contributed by atoms with van der Waals surface area (Å²) in [6, 6.07) is 3.73. The molecule has 1 saturated heterocycles. The van der Waals surface area contributed by atoms with Crippen LogP contribution in [0.15, 0.2) is 18.2 Å². The molecule has 0 radical (unpaired) electrons. The predicted octanol–water partition coefficient (Wildman–Crippen LogP) is 1.99. The van der Waals surface area contributed by atoms with Crippen LogP contribution in [0.2, 0.25) is 5.02 Å². The largest absolute Gasteiger partial charge is 0.352 e. The smallest absolute Gasteiger partial charge is 0.270 e. The quantitative estimate of drug-likeness (QED) is 0.492. The van der Waals surface area contributed by atoms with Crippen molar-refractivity contribution in [2.24, 2.45) is 0 Å². The van der Waals surface area contributed by atoms with Gasteiger partial charge in [-0.15, -0.1) is 0 Å². The number of likely N-dealkylation sites (tertiary alicyclic amines) is 1. The van der Waals surface area contributed by atoms with E-state index in [1.807, 2.05) is 0 Å². The highest BCUT2D eigenvalue weighted by Crippen LogP contribution is 2.21. The van der Waals surface area contributed by atoms with Gasteiger partial charge in [0.25, 0.3) is 11.6 Å². The van der Waals surface area contributed by atoms with E-state index in [4.69, 9.17) is 11.6 Å². The normalized spacial score (nSPS) is 14.2. The third kappa shape index (κ3) is 3.94. The van der Waals surface area contributed by atoms with Gasteiger partial charge in [0, 0.05) is 38.2 Å². The highest BCUT2D eigenvalue weighted by molar-refractivity contribution is 6.33. The number of nitro benzene ring substituents is 1. The summed E-state index contributed by atoms with van der Waals surface area (Å²) in [5, 5.41) is 13.5. The van der Waals surface area contributed by atoms with E-state index < -0.39 is 10.8 Å². The molecule has 1 aromatic rings. The lowest BCUT2D eigenvalue weighted by molar-refractivity contribution is -0.384. The van der Waals surface area contributed by atoms with Gasteiger partial charge in [0.1, 0.15) is 0 Å². The van der Waals surface area contributed by atoms with Crippen molar-refractivity contribution in [3.05, 3.63) is 38.9 Å². The van der Waals surface area contributed by atoms with Crippen LogP contribution in [-0.4, -0.2) is 41.3 Å². The summed E-state index contributed by atoms with van der Waals surface area (Å²) in [5.41, 5.74) is -0.106. The van der Waals surface area contributed by atoms with Crippen LogP contribution in [0.25, 0.3) is 0 Å². The first-order chi connectivity index (χ1) is 10.5. The Bertz CT molecular complexity index is 606. The summed E-state index contributed by atoms with van der Waals surface area (Å²) in [6.45, 7) is 1.74. The highest BCUT2D eigenvalue weighted by atomic mass is 35.5. The summed E-state index contributed by atoms with van der Waals surface area (Å²) in [6.07, 6.45) is 2.11. The summed E-state index contributed by atoms with van der Waals surface area (Å²) >= 11 is 5.89. The van der Waals surface area contributed by atoms with Gasteiger partial charge in [0.2, 0.25) is 5.91 Å². The first-order valence-corrected chi connectivity index (χ1v) is 7.37. The number of halogens is 1. The molecule has 8 heteroatoms. The summed E-state index contributed by atoms with van der Waals surface area (Å²) < 4.78 is 0. The van der Waals surface area contributed by atoms with Crippen molar-refractivity contribution >= 4 is 29.1 Å². The number of nitro groups is 1. The maximum absolute atomic E-state index is 12.0. The molecule has 2 rings (SSSR count). The third-order valence-corrected chi connectivity index (χ3v) is 3.80. The monoisotopic (exact) mass is 325 g/mol. The molecule has 1 aromatic carbocycles. The zero-order valence-corrected chi connectivity index (χ0v) is 12.6. The van der Waals surface area contributed by atoms with Crippen molar-refractivity contribution in [3.8, 4) is 0 Å². The lowest BCUT2D eigenvalue weighted by Crippen LogP contribution is -2.30. The molecule has 2 amide bonds. The second-order valence-electron chi connectivity index (χ2n) is 5.02. The van der Waals surface area contributed by atoms with Gasteiger partial charge in [-0.3, -0.25) is 19.7 Å². The molecule has 1 heterocycles. The molecule has 0 saturated carbocycles. The highest BCUT2D eigenvalue weighted by Gasteiger charge is 2.19. The number of nitrogens with one attached hydrogen (secondary N) is 1. The Morgan fingerprint density at radius 3 is 2.86 bits per heavy atom. The average molecular weight is 326 g/mol. The Morgan fingerprint density at radius 2 is 2.23 bits per heavy atom. The van der Waals surface area contributed by atoms with Crippen molar-refractivity contribution in [3.63, 3.8) is 0 Å². The van der Waals surface area contributed by atoms with E-state index in [1.54, 1.807) is 4.90 Å². The van der Waals surface area contributed by atoms with Gasteiger partial charge in [-0.05, 0) is 18.9 Å². The number of carbonyl (C=O) groups is 2. The topological polar surface area (TPSA) is 92.6 Å². The fraction of sp³-hybridized carbons (Fsp3) is 0.429. The van der Waals surface area contributed by atoms with E-state index in [1.165, 1.54) is 12.1 Å². The third-order valence-electron chi connectivity index (χ3n) is 3.47. The van der Waals surface area contributed by atoms with Crippen molar-refractivity contribution < 1.29 is 14.5 Å². The van der Waals surface area contributed by atoms with Gasteiger partial charge in [-0.2, -0.15) is 0 Å². The van der Waals surface area contributed by atoms with Crippen LogP contribution in [0, 0.1) is 10.1 Å². The SMILES string of the molecule is O=C(NCCCN1CCCC1=O)c1cc([N+](=O)[O-])ccc1Cl. The van der Waals surface area contributed by atoms with E-state index in [9.17, 15) is 19.7 Å². The molecular weight excluding hydrogens is 310 g/mol. The first kappa shape index (κ1) is 16.2. The fourth-order valence-electron chi connectivity index (χ4n) is 2.31. The predicted molar refractivity (Wildman–Crippen MR) is 80.9 cm³/mol. The molecule has 0 atom stereocenters. The minimum atomic E-state index is -0.577. The second kappa shape index (κ2) is 7.22. The standard InChI is InChI=1S/C14H16ClN3O4/c15-12-5-4-10(18(21)22)9-11(12)14(20)16-6-2-8-17-7-1-3-13(17)19/h4-5,9H,1-3,6-8H2,(H,16,20). The number of benzene rings is 1. The Labute approximate surface area is 132 Å². The van der Waals surface area contributed by atoms with Gasteiger partial charge >= 0.3 is 0 Å². The zero-order chi connectivity index (χ0) is 16.1. The molecule has 0 spiro atoms. The Balaban J connectivity index is 1.85. The van der Waals surface area contributed by atoms with E-state index in [2.05, 4.69) is 5.32 Å². The lowest BCUT2D eigenvalue weighted by atomic mass is 10.2. The number of rotatable bonds is 6. The molecule has 7 nitrogen and oxygen atoms in total. The number of hydrogen-bond acceptors (Lipinski definition) is 4. The molecule has 1 aliphatic heterocycles. The Morgan fingerprint density at radius 1 is 1.45 bits per heavy atom. The summed E-state index contributed by atoms with van der Waals surface area (Å²) in [7, 11) is 0. The van der Waals surface area contributed by atoms with Crippen molar-refractivity contribution in [1.82, 2.24) is 10.2 Å². The van der Waals surface area contributed by atoms with Crippen LogP contribution in [0.5, 0.6) is 0 Å². The van der Waals surface area contributed by atoms with Crippen LogP contribution in [0.1, 0.15) is 29.6 Å². The molecule has 22 heavy (non-hydrogen) atoms. The number of hydrogen-bond donors (Lipinski definition) is 1. The van der Waals surface area contributed by atoms with Crippen LogP contribution in [0.4, 0.5) is 5.69 Å². The molecule has 118 valence electrons. The minimum Gasteiger partial charge on any atom is -0.352 e. The molecule has 0 unspecified atom stereocenters. The van der Waals surface area contributed by atoms with E-state index in [-0.39, 0.29) is 22.2 Å². The second-order valence-corrected chi connectivity index (χ2v) is 5.42. The van der Waals surface area contributed by atoms with Crippen LogP contribution in [-0.2, 0) is 4.79 Å². The zero-order valence-electron chi connectivity index (χ0n) is 11.9. The lowest BCUT2D eigenvalue weighted by Gasteiger charge is -2.15. The maximum Gasteiger partial charge on any atom is 0.270 e. The fourth-order valence-corrected chi connectivity index (χ4v) is 2.51. The molecule has 1 N–H and O–H groups in total. The van der Waals surface area contributed by atoms with Crippen molar-refractivity contribution in [2.45, 2.75) is 19.3 Å². The molecule has 0 bridgehead atoms. The number of nitrogens with zero attached hydrogens (tertiary/aromatic N) is 2. The van der Waals surface area contributed by atoms with Crippen LogP contribution < -0.4 is 5.32 Å². The van der Waals surface area contributed by atoms with E-state index >= 15 is 0 Å².